The smallest absolute Gasteiger partial charge is 0.299 e. The molecule has 1 saturated heterocycles. The van der Waals surface area contributed by atoms with Gasteiger partial charge in [-0.25, -0.2) is 4.79 Å². The number of nitrogens with zero attached hydrogens (tertiary/aromatic N) is 5. The molecule has 0 N–H and O–H groups in total. The van der Waals surface area contributed by atoms with Crippen molar-refractivity contribution in [1.29, 1.82) is 0 Å². The molecule has 0 saturated carbocycles. The van der Waals surface area contributed by atoms with Gasteiger partial charge in [-0.3, -0.25) is 23.5 Å². The molecular formula is C16H23N5O2. The van der Waals surface area contributed by atoms with Crippen LogP contribution in [0.1, 0.15) is 24.1 Å². The van der Waals surface area contributed by atoms with Crippen LogP contribution in [0.3, 0.4) is 0 Å². The van der Waals surface area contributed by atoms with Gasteiger partial charge in [-0.15, -0.1) is 0 Å². The average Bonchev–Trinajstić information content (AvgIpc) is 3.12. The molecule has 2 aromatic heterocycles. The number of hydrogen-bond acceptors (Lipinski definition) is 4. The maximum atomic E-state index is 12.1. The maximum Gasteiger partial charge on any atom is 0.330 e. The van der Waals surface area contributed by atoms with Crippen LogP contribution in [0.4, 0.5) is 0 Å². The predicted molar refractivity (Wildman–Crippen MR) is 87.3 cm³/mol. The summed E-state index contributed by atoms with van der Waals surface area (Å²) in [4.78, 5) is 26.3. The summed E-state index contributed by atoms with van der Waals surface area (Å²) in [6, 6.07) is 1.95. The fraction of sp³-hybridized carbons (Fsp3) is 0.562. The Morgan fingerprint density at radius 2 is 2.04 bits per heavy atom. The van der Waals surface area contributed by atoms with Crippen molar-refractivity contribution in [2.45, 2.75) is 38.9 Å². The van der Waals surface area contributed by atoms with E-state index in [1.54, 1.807) is 17.7 Å². The van der Waals surface area contributed by atoms with Crippen LogP contribution in [0.2, 0.25) is 0 Å². The van der Waals surface area contributed by atoms with Crippen molar-refractivity contribution >= 4 is 0 Å². The lowest BCUT2D eigenvalue weighted by molar-refractivity contribution is 0.213. The number of aromatic nitrogens is 4. The molecule has 0 amide bonds. The Morgan fingerprint density at radius 3 is 2.74 bits per heavy atom. The Balaban J connectivity index is 1.79. The van der Waals surface area contributed by atoms with Gasteiger partial charge in [-0.05, 0) is 31.9 Å². The van der Waals surface area contributed by atoms with Gasteiger partial charge in [0.05, 0.1) is 12.7 Å². The molecule has 1 fully saturated rings. The number of aryl methyl sites for hydroxylation is 1. The van der Waals surface area contributed by atoms with Crippen molar-refractivity contribution in [3.8, 4) is 0 Å². The zero-order valence-corrected chi connectivity index (χ0v) is 13.9. The van der Waals surface area contributed by atoms with Gasteiger partial charge in [0, 0.05) is 44.6 Å². The second kappa shape index (κ2) is 6.16. The van der Waals surface area contributed by atoms with Crippen molar-refractivity contribution in [3.05, 3.63) is 50.6 Å². The number of likely N-dealkylation sites (tertiary alicyclic amines) is 1. The monoisotopic (exact) mass is 317 g/mol. The van der Waals surface area contributed by atoms with E-state index in [4.69, 9.17) is 0 Å². The van der Waals surface area contributed by atoms with Gasteiger partial charge in [-0.2, -0.15) is 5.10 Å². The quantitative estimate of drug-likeness (QED) is 0.811. The van der Waals surface area contributed by atoms with Crippen LogP contribution in [0.25, 0.3) is 0 Å². The lowest BCUT2D eigenvalue weighted by Crippen LogP contribution is -2.40. The van der Waals surface area contributed by atoms with Crippen LogP contribution in [0, 0.1) is 6.92 Å². The van der Waals surface area contributed by atoms with Crippen molar-refractivity contribution in [2.75, 3.05) is 6.54 Å². The molecule has 0 bridgehead atoms. The maximum absolute atomic E-state index is 12.1. The first-order chi connectivity index (χ1) is 11.0. The van der Waals surface area contributed by atoms with E-state index in [0.29, 0.717) is 12.6 Å². The van der Waals surface area contributed by atoms with Gasteiger partial charge < -0.3 is 0 Å². The third kappa shape index (κ3) is 3.14. The molecule has 1 aliphatic heterocycles. The molecular weight excluding hydrogens is 294 g/mol. The Morgan fingerprint density at radius 1 is 1.26 bits per heavy atom. The molecule has 23 heavy (non-hydrogen) atoms. The summed E-state index contributed by atoms with van der Waals surface area (Å²) < 4.78 is 4.67. The van der Waals surface area contributed by atoms with Gasteiger partial charge >= 0.3 is 5.69 Å². The zero-order chi connectivity index (χ0) is 16.6. The van der Waals surface area contributed by atoms with Crippen molar-refractivity contribution < 1.29 is 0 Å². The molecule has 0 spiro atoms. The number of hydrogen-bond donors (Lipinski definition) is 0. The van der Waals surface area contributed by atoms with E-state index in [1.807, 2.05) is 24.0 Å². The fourth-order valence-electron chi connectivity index (χ4n) is 3.23. The Hall–Kier alpha value is -2.15. The highest BCUT2D eigenvalue weighted by atomic mass is 16.2. The molecule has 0 aliphatic carbocycles. The Bertz CT molecular complexity index is 817. The molecule has 1 atom stereocenters. The van der Waals surface area contributed by atoms with E-state index in [-0.39, 0.29) is 11.2 Å². The number of rotatable bonds is 4. The van der Waals surface area contributed by atoms with E-state index in [1.165, 1.54) is 7.05 Å². The summed E-state index contributed by atoms with van der Waals surface area (Å²) in [6.45, 7) is 4.47. The minimum atomic E-state index is -0.272. The molecule has 0 aromatic carbocycles. The lowest BCUT2D eigenvalue weighted by atomic mass is 10.2. The summed E-state index contributed by atoms with van der Waals surface area (Å²) in [5, 5.41) is 4.36. The molecule has 7 nitrogen and oxygen atoms in total. The Labute approximate surface area is 134 Å². The molecule has 3 rings (SSSR count). The van der Waals surface area contributed by atoms with Crippen molar-refractivity contribution in [2.24, 2.45) is 14.1 Å². The highest BCUT2D eigenvalue weighted by Crippen LogP contribution is 2.20. The normalized spacial score (nSPS) is 18.7. The van der Waals surface area contributed by atoms with Crippen LogP contribution >= 0.6 is 0 Å². The van der Waals surface area contributed by atoms with E-state index >= 15 is 0 Å². The summed E-state index contributed by atoms with van der Waals surface area (Å²) >= 11 is 0. The first-order valence-corrected chi connectivity index (χ1v) is 7.95. The predicted octanol–water partition coefficient (Wildman–Crippen LogP) is 0.254. The van der Waals surface area contributed by atoms with E-state index in [9.17, 15) is 9.59 Å². The molecule has 0 unspecified atom stereocenters. The SMILES string of the molecule is Cc1cnn(C[C@@H]2CCCN2Cc2cc(=O)n(C)c(=O)n2C)c1. The minimum Gasteiger partial charge on any atom is -0.299 e. The van der Waals surface area contributed by atoms with E-state index in [2.05, 4.69) is 10.00 Å². The first-order valence-electron chi connectivity index (χ1n) is 7.95. The van der Waals surface area contributed by atoms with Gasteiger partial charge in [0.15, 0.2) is 0 Å². The van der Waals surface area contributed by atoms with Crippen LogP contribution in [0.15, 0.2) is 28.0 Å². The van der Waals surface area contributed by atoms with Gasteiger partial charge in [0.2, 0.25) is 0 Å². The second-order valence-electron chi connectivity index (χ2n) is 6.38. The highest BCUT2D eigenvalue weighted by molar-refractivity contribution is 5.04. The van der Waals surface area contributed by atoms with Crippen LogP contribution in [-0.2, 0) is 27.2 Å². The first kappa shape index (κ1) is 15.7. The molecule has 7 heteroatoms. The highest BCUT2D eigenvalue weighted by Gasteiger charge is 2.26. The van der Waals surface area contributed by atoms with Gasteiger partial charge in [0.25, 0.3) is 5.56 Å². The second-order valence-corrected chi connectivity index (χ2v) is 6.38. The summed E-state index contributed by atoms with van der Waals surface area (Å²) in [6.07, 6.45) is 6.15. The molecule has 0 radical (unpaired) electrons. The third-order valence-electron chi connectivity index (χ3n) is 4.65. The van der Waals surface area contributed by atoms with Gasteiger partial charge in [-0.1, -0.05) is 0 Å². The molecule has 3 heterocycles. The summed E-state index contributed by atoms with van der Waals surface area (Å²) in [5.41, 5.74) is 1.40. The van der Waals surface area contributed by atoms with Crippen molar-refractivity contribution in [1.82, 2.24) is 23.8 Å². The van der Waals surface area contributed by atoms with Crippen LogP contribution < -0.4 is 11.2 Å². The molecule has 1 aliphatic rings. The average molecular weight is 317 g/mol. The largest absolute Gasteiger partial charge is 0.330 e. The van der Waals surface area contributed by atoms with E-state index < -0.39 is 0 Å². The standard InChI is InChI=1S/C16H23N5O2/c1-12-8-17-21(9-12)11-13-5-4-6-20(13)10-14-7-15(22)19(3)16(23)18(14)2/h7-9,13H,4-6,10-11H2,1-3H3/t13-/m0/s1. The molecule has 2 aromatic rings. The summed E-state index contributed by atoms with van der Waals surface area (Å²) in [7, 11) is 3.23. The molecule has 124 valence electrons. The van der Waals surface area contributed by atoms with Crippen LogP contribution in [0.5, 0.6) is 0 Å². The van der Waals surface area contributed by atoms with Crippen LogP contribution in [-0.4, -0.2) is 36.4 Å². The van der Waals surface area contributed by atoms with E-state index in [0.717, 1.165) is 41.8 Å². The topological polar surface area (TPSA) is 65.1 Å². The fourth-order valence-corrected chi connectivity index (χ4v) is 3.23. The third-order valence-corrected chi connectivity index (χ3v) is 4.65. The Kier molecular flexibility index (Phi) is 4.21. The lowest BCUT2D eigenvalue weighted by Gasteiger charge is -2.25. The van der Waals surface area contributed by atoms with Crippen molar-refractivity contribution in [3.63, 3.8) is 0 Å². The van der Waals surface area contributed by atoms with Gasteiger partial charge in [0.1, 0.15) is 0 Å². The summed E-state index contributed by atoms with van der Waals surface area (Å²) in [5.74, 6) is 0. The minimum absolute atomic E-state index is 0.249. The zero-order valence-electron chi connectivity index (χ0n) is 13.9.